The van der Waals surface area contributed by atoms with Crippen molar-refractivity contribution < 1.29 is 14.6 Å². The van der Waals surface area contributed by atoms with Crippen LogP contribution in [-0.2, 0) is 13.0 Å². The van der Waals surface area contributed by atoms with Crippen LogP contribution in [0.2, 0.25) is 0 Å². The van der Waals surface area contributed by atoms with Crippen LogP contribution in [-0.4, -0.2) is 25.9 Å². The largest absolute Gasteiger partial charge is 0.507 e. The fraction of sp³-hybridized carbons (Fsp3) is 0.125. The molecule has 4 aromatic rings. The summed E-state index contributed by atoms with van der Waals surface area (Å²) in [6.07, 6.45) is 2.03. The summed E-state index contributed by atoms with van der Waals surface area (Å²) in [6.45, 7) is 2.23. The van der Waals surface area contributed by atoms with Crippen LogP contribution in [0.3, 0.4) is 0 Å². The zero-order valence-corrected chi connectivity index (χ0v) is 16.5. The summed E-state index contributed by atoms with van der Waals surface area (Å²) >= 11 is 0. The number of carbonyl (C=O) groups excluding carboxylic acids is 1. The molecule has 0 bridgehead atoms. The third-order valence-electron chi connectivity index (χ3n) is 4.70. The van der Waals surface area contributed by atoms with E-state index in [-0.39, 0.29) is 30.1 Å². The molecule has 0 radical (unpaired) electrons. The Morgan fingerprint density at radius 1 is 1.03 bits per heavy atom. The van der Waals surface area contributed by atoms with Gasteiger partial charge in [0.2, 0.25) is 0 Å². The van der Waals surface area contributed by atoms with E-state index in [9.17, 15) is 9.90 Å². The van der Waals surface area contributed by atoms with E-state index in [4.69, 9.17) is 4.74 Å². The van der Waals surface area contributed by atoms with Crippen molar-refractivity contribution in [3.05, 3.63) is 101 Å². The molecular formula is C24H21N3O3. The molecule has 1 N–H and O–H groups in total. The van der Waals surface area contributed by atoms with Gasteiger partial charge in [-0.2, -0.15) is 0 Å². The number of phenols is 1. The van der Waals surface area contributed by atoms with Crippen LogP contribution in [0.4, 0.5) is 0 Å². The molecule has 0 aliphatic heterocycles. The molecule has 0 unspecified atom stereocenters. The normalized spacial score (nSPS) is 10.7. The summed E-state index contributed by atoms with van der Waals surface area (Å²) in [7, 11) is 0. The van der Waals surface area contributed by atoms with Crippen LogP contribution in [0.5, 0.6) is 11.5 Å². The summed E-state index contributed by atoms with van der Waals surface area (Å²) in [5.41, 5.74) is 3.92. The number of ketones is 1. The number of phenolic OH excluding ortho intramolecular Hbond substituents is 1. The van der Waals surface area contributed by atoms with Gasteiger partial charge in [-0.3, -0.25) is 4.79 Å². The molecular weight excluding hydrogens is 378 g/mol. The lowest BCUT2D eigenvalue weighted by Crippen LogP contribution is -2.04. The van der Waals surface area contributed by atoms with Gasteiger partial charge in [-0.15, -0.1) is 5.10 Å². The van der Waals surface area contributed by atoms with Crippen LogP contribution in [0.15, 0.2) is 79.0 Å². The van der Waals surface area contributed by atoms with Gasteiger partial charge in [0.15, 0.2) is 5.78 Å². The van der Waals surface area contributed by atoms with Gasteiger partial charge in [-0.1, -0.05) is 53.2 Å². The average molecular weight is 399 g/mol. The minimum atomic E-state index is -0.147. The first-order valence-electron chi connectivity index (χ1n) is 9.60. The highest BCUT2D eigenvalue weighted by molar-refractivity contribution is 6.00. The maximum atomic E-state index is 12.5. The van der Waals surface area contributed by atoms with Crippen molar-refractivity contribution in [2.45, 2.75) is 20.0 Å². The van der Waals surface area contributed by atoms with Crippen molar-refractivity contribution in [1.82, 2.24) is 15.0 Å². The molecule has 3 aromatic carbocycles. The van der Waals surface area contributed by atoms with Gasteiger partial charge in [0.1, 0.15) is 23.8 Å². The number of nitrogens with zero attached hydrogens (tertiary/aromatic N) is 3. The highest BCUT2D eigenvalue weighted by atomic mass is 16.5. The lowest BCUT2D eigenvalue weighted by atomic mass is 10.0. The van der Waals surface area contributed by atoms with E-state index in [0.29, 0.717) is 11.4 Å². The average Bonchev–Trinajstić information content (AvgIpc) is 3.22. The highest BCUT2D eigenvalue weighted by Gasteiger charge is 2.13. The molecule has 0 aliphatic carbocycles. The van der Waals surface area contributed by atoms with Crippen LogP contribution in [0, 0.1) is 6.92 Å². The topological polar surface area (TPSA) is 77.2 Å². The van der Waals surface area contributed by atoms with E-state index in [1.807, 2.05) is 61.5 Å². The fourth-order valence-corrected chi connectivity index (χ4v) is 3.06. The number of hydrogen-bond donors (Lipinski definition) is 1. The number of hydrogen-bond acceptors (Lipinski definition) is 5. The zero-order valence-electron chi connectivity index (χ0n) is 16.5. The Morgan fingerprint density at radius 2 is 1.80 bits per heavy atom. The summed E-state index contributed by atoms with van der Waals surface area (Å²) in [4.78, 5) is 12.5. The number of rotatable bonds is 7. The van der Waals surface area contributed by atoms with Gasteiger partial charge in [0.05, 0.1) is 17.4 Å². The molecule has 0 atom stereocenters. The molecule has 150 valence electrons. The minimum Gasteiger partial charge on any atom is -0.507 e. The van der Waals surface area contributed by atoms with Crippen molar-refractivity contribution in [3.63, 3.8) is 0 Å². The molecule has 0 saturated carbocycles. The van der Waals surface area contributed by atoms with Gasteiger partial charge in [-0.05, 0) is 36.8 Å². The molecule has 6 nitrogen and oxygen atoms in total. The molecule has 0 amide bonds. The van der Waals surface area contributed by atoms with Gasteiger partial charge in [0.25, 0.3) is 0 Å². The fourth-order valence-electron chi connectivity index (χ4n) is 3.06. The number of Topliss-reactive ketones (excluding diaryl/α,β-unsaturated/α-hetero) is 1. The second-order valence-electron chi connectivity index (χ2n) is 7.04. The van der Waals surface area contributed by atoms with Crippen molar-refractivity contribution >= 4 is 5.78 Å². The summed E-state index contributed by atoms with van der Waals surface area (Å²) in [5, 5.41) is 18.5. The summed E-state index contributed by atoms with van der Waals surface area (Å²) < 4.78 is 7.39. The molecule has 0 saturated heterocycles. The van der Waals surface area contributed by atoms with Crippen molar-refractivity contribution in [2.75, 3.05) is 0 Å². The zero-order chi connectivity index (χ0) is 20.9. The number of aromatic nitrogens is 3. The second kappa shape index (κ2) is 8.61. The predicted molar refractivity (Wildman–Crippen MR) is 113 cm³/mol. The Morgan fingerprint density at radius 3 is 2.53 bits per heavy atom. The van der Waals surface area contributed by atoms with E-state index in [1.54, 1.807) is 23.0 Å². The molecule has 1 heterocycles. The summed E-state index contributed by atoms with van der Waals surface area (Å²) in [5.74, 6) is 0.205. The van der Waals surface area contributed by atoms with Crippen molar-refractivity contribution in [3.8, 4) is 17.2 Å². The molecule has 6 heteroatoms. The SMILES string of the molecule is Cc1ccc(-n2cc(COc3ccc(C(=O)Cc4ccccc4)c(O)c3)nn2)cc1. The quantitative estimate of drug-likeness (QED) is 0.469. The third kappa shape index (κ3) is 4.55. The maximum Gasteiger partial charge on any atom is 0.170 e. The molecule has 0 aliphatic rings. The number of aromatic hydroxyl groups is 1. The Kier molecular flexibility index (Phi) is 5.57. The minimum absolute atomic E-state index is 0.100. The van der Waals surface area contributed by atoms with Crippen LogP contribution in [0.1, 0.15) is 27.2 Å². The number of benzene rings is 3. The Labute approximate surface area is 174 Å². The molecule has 1 aromatic heterocycles. The van der Waals surface area contributed by atoms with Crippen LogP contribution in [0.25, 0.3) is 5.69 Å². The van der Waals surface area contributed by atoms with Gasteiger partial charge < -0.3 is 9.84 Å². The first-order valence-corrected chi connectivity index (χ1v) is 9.60. The van der Waals surface area contributed by atoms with Gasteiger partial charge in [-0.25, -0.2) is 4.68 Å². The van der Waals surface area contributed by atoms with E-state index < -0.39 is 0 Å². The number of aryl methyl sites for hydroxylation is 1. The van der Waals surface area contributed by atoms with Gasteiger partial charge in [0, 0.05) is 12.5 Å². The van der Waals surface area contributed by atoms with Crippen molar-refractivity contribution in [2.24, 2.45) is 0 Å². The van der Waals surface area contributed by atoms with Crippen LogP contribution < -0.4 is 4.74 Å². The Balaban J connectivity index is 1.39. The lowest BCUT2D eigenvalue weighted by molar-refractivity contribution is 0.0990. The summed E-state index contributed by atoms with van der Waals surface area (Å²) in [6, 6.07) is 22.1. The maximum absolute atomic E-state index is 12.5. The number of ether oxygens (including phenoxy) is 1. The first-order chi connectivity index (χ1) is 14.6. The van der Waals surface area contributed by atoms with Crippen LogP contribution >= 0.6 is 0 Å². The van der Waals surface area contributed by atoms with E-state index in [0.717, 1.165) is 11.3 Å². The molecule has 4 rings (SSSR count). The van der Waals surface area contributed by atoms with E-state index >= 15 is 0 Å². The Hall–Kier alpha value is -3.93. The molecule has 0 spiro atoms. The smallest absolute Gasteiger partial charge is 0.170 e. The second-order valence-corrected chi connectivity index (χ2v) is 7.04. The molecule has 30 heavy (non-hydrogen) atoms. The third-order valence-corrected chi connectivity index (χ3v) is 4.70. The lowest BCUT2D eigenvalue weighted by Gasteiger charge is -2.08. The molecule has 0 fully saturated rings. The standard InChI is InChI=1S/C24H21N3O3/c1-17-7-9-20(10-8-17)27-15-19(25-26-27)16-30-21-11-12-22(24(29)14-21)23(28)13-18-5-3-2-4-6-18/h2-12,14-15,29H,13,16H2,1H3. The monoisotopic (exact) mass is 399 g/mol. The van der Waals surface area contributed by atoms with Crippen molar-refractivity contribution in [1.29, 1.82) is 0 Å². The first kappa shape index (κ1) is 19.4. The number of carbonyl (C=O) groups is 1. The van der Waals surface area contributed by atoms with E-state index in [1.165, 1.54) is 11.6 Å². The Bertz CT molecular complexity index is 1150. The highest BCUT2D eigenvalue weighted by Crippen LogP contribution is 2.25. The van der Waals surface area contributed by atoms with Gasteiger partial charge >= 0.3 is 0 Å². The predicted octanol–water partition coefficient (Wildman–Crippen LogP) is 4.29. The van der Waals surface area contributed by atoms with E-state index in [2.05, 4.69) is 10.3 Å².